The van der Waals surface area contributed by atoms with Crippen LogP contribution in [0, 0.1) is 6.92 Å². The van der Waals surface area contributed by atoms with Gasteiger partial charge in [0.05, 0.1) is 17.5 Å². The molecule has 21 heavy (non-hydrogen) atoms. The van der Waals surface area contributed by atoms with Gasteiger partial charge in [0.1, 0.15) is 5.71 Å². The Hall–Kier alpha value is -3.02. The van der Waals surface area contributed by atoms with Crippen LogP contribution >= 0.6 is 0 Å². The van der Waals surface area contributed by atoms with E-state index in [-0.39, 0.29) is 5.56 Å². The van der Waals surface area contributed by atoms with Crippen LogP contribution in [0.25, 0.3) is 0 Å². The number of rotatable bonds is 4. The minimum absolute atomic E-state index is 0.181. The summed E-state index contributed by atoms with van der Waals surface area (Å²) in [5, 5.41) is 12.7. The van der Waals surface area contributed by atoms with Gasteiger partial charge in [-0.15, -0.1) is 0 Å². The Labute approximate surface area is 121 Å². The van der Waals surface area contributed by atoms with Gasteiger partial charge in [-0.25, -0.2) is 4.79 Å². The zero-order valence-corrected chi connectivity index (χ0v) is 11.4. The summed E-state index contributed by atoms with van der Waals surface area (Å²) in [4.78, 5) is 19.2. The lowest BCUT2D eigenvalue weighted by atomic mass is 10.1. The average molecular weight is 282 g/mol. The number of hydrazone groups is 1. The van der Waals surface area contributed by atoms with Gasteiger partial charge >= 0.3 is 5.97 Å². The molecule has 0 saturated heterocycles. The molecule has 6 nitrogen and oxygen atoms in total. The first-order chi connectivity index (χ1) is 10.1. The maximum absolute atomic E-state index is 11.0. The van der Waals surface area contributed by atoms with Crippen molar-refractivity contribution in [2.75, 3.05) is 0 Å². The van der Waals surface area contributed by atoms with Crippen molar-refractivity contribution in [2.24, 2.45) is 15.9 Å². The van der Waals surface area contributed by atoms with E-state index < -0.39 is 5.97 Å². The van der Waals surface area contributed by atoms with Crippen molar-refractivity contribution < 1.29 is 9.90 Å². The second kappa shape index (κ2) is 6.42. The number of carboxylic acids is 1. The van der Waals surface area contributed by atoms with Gasteiger partial charge in [0.15, 0.2) is 0 Å². The molecule has 0 aliphatic rings. The van der Waals surface area contributed by atoms with Crippen molar-refractivity contribution in [3.05, 3.63) is 59.4 Å². The smallest absolute Gasteiger partial charge is 0.335 e. The predicted octanol–water partition coefficient (Wildman–Crippen LogP) is 2.15. The fourth-order valence-electron chi connectivity index (χ4n) is 1.71. The van der Waals surface area contributed by atoms with E-state index in [0.717, 1.165) is 11.1 Å². The summed E-state index contributed by atoms with van der Waals surface area (Å²) in [5.41, 5.74) is 2.79. The van der Waals surface area contributed by atoms with E-state index in [1.807, 2.05) is 13.0 Å². The standard InChI is InChI=1S/C15H14N4O2/c1-10-4-5-11(15(20)21)7-13(10)18-9-14(19-16)12-3-2-6-17-8-12/h2-9H,16H2,1H3,(H,20,21). The number of nitrogens with zero attached hydrogens (tertiary/aromatic N) is 3. The van der Waals surface area contributed by atoms with Gasteiger partial charge in [0.25, 0.3) is 0 Å². The lowest BCUT2D eigenvalue weighted by molar-refractivity contribution is 0.0697. The first-order valence-electron chi connectivity index (χ1n) is 6.18. The second-order valence-electron chi connectivity index (χ2n) is 4.32. The van der Waals surface area contributed by atoms with Gasteiger partial charge in [-0.05, 0) is 36.8 Å². The van der Waals surface area contributed by atoms with Crippen LogP contribution < -0.4 is 5.84 Å². The van der Waals surface area contributed by atoms with Crippen LogP contribution in [0.2, 0.25) is 0 Å². The fraction of sp³-hybridized carbons (Fsp3) is 0.0667. The molecule has 0 bridgehead atoms. The zero-order chi connectivity index (χ0) is 15.2. The molecule has 2 aromatic rings. The highest BCUT2D eigenvalue weighted by Crippen LogP contribution is 2.20. The van der Waals surface area contributed by atoms with Crippen LogP contribution in [0.4, 0.5) is 5.69 Å². The molecule has 0 unspecified atom stereocenters. The van der Waals surface area contributed by atoms with Gasteiger partial charge in [-0.3, -0.25) is 9.98 Å². The molecular formula is C15H14N4O2. The molecule has 1 aromatic heterocycles. The Morgan fingerprint density at radius 2 is 2.14 bits per heavy atom. The van der Waals surface area contributed by atoms with E-state index in [4.69, 9.17) is 10.9 Å². The molecule has 3 N–H and O–H groups in total. The van der Waals surface area contributed by atoms with E-state index in [2.05, 4.69) is 15.1 Å². The third-order valence-electron chi connectivity index (χ3n) is 2.88. The van der Waals surface area contributed by atoms with Crippen molar-refractivity contribution in [2.45, 2.75) is 6.92 Å². The molecule has 0 saturated carbocycles. The number of hydrogen-bond acceptors (Lipinski definition) is 5. The Balaban J connectivity index is 2.32. The van der Waals surface area contributed by atoms with Crippen LogP contribution in [-0.4, -0.2) is 28.0 Å². The average Bonchev–Trinajstić information content (AvgIpc) is 2.50. The number of aryl methyl sites for hydroxylation is 1. The summed E-state index contributed by atoms with van der Waals surface area (Å²) < 4.78 is 0. The SMILES string of the molecule is Cc1ccc(C(=O)O)cc1N=CC(=NN)c1cccnc1. The molecule has 0 atom stereocenters. The van der Waals surface area contributed by atoms with Crippen LogP contribution in [0.1, 0.15) is 21.5 Å². The van der Waals surface area contributed by atoms with E-state index in [0.29, 0.717) is 11.4 Å². The number of aliphatic imine (C=N–C) groups is 1. The number of benzene rings is 1. The summed E-state index contributed by atoms with van der Waals surface area (Å²) >= 11 is 0. The zero-order valence-electron chi connectivity index (χ0n) is 11.4. The van der Waals surface area contributed by atoms with Crippen LogP contribution in [-0.2, 0) is 0 Å². The fourth-order valence-corrected chi connectivity index (χ4v) is 1.71. The number of hydrogen-bond donors (Lipinski definition) is 2. The van der Waals surface area contributed by atoms with Crippen LogP contribution in [0.15, 0.2) is 52.8 Å². The molecule has 1 aromatic carbocycles. The summed E-state index contributed by atoms with van der Waals surface area (Å²) in [6.45, 7) is 1.85. The van der Waals surface area contributed by atoms with E-state index in [1.54, 1.807) is 24.5 Å². The minimum atomic E-state index is -0.994. The van der Waals surface area contributed by atoms with Crippen LogP contribution in [0.5, 0.6) is 0 Å². The number of aromatic nitrogens is 1. The van der Waals surface area contributed by atoms with Crippen molar-refractivity contribution in [1.82, 2.24) is 4.98 Å². The molecule has 0 aliphatic heterocycles. The highest BCUT2D eigenvalue weighted by molar-refractivity contribution is 6.38. The molecule has 0 radical (unpaired) electrons. The van der Waals surface area contributed by atoms with E-state index in [9.17, 15) is 4.79 Å². The van der Waals surface area contributed by atoms with Crippen molar-refractivity contribution in [1.29, 1.82) is 0 Å². The topological polar surface area (TPSA) is 101 Å². The van der Waals surface area contributed by atoms with Gasteiger partial charge in [0, 0.05) is 18.0 Å². The summed E-state index contributed by atoms with van der Waals surface area (Å²) in [7, 11) is 0. The second-order valence-corrected chi connectivity index (χ2v) is 4.32. The van der Waals surface area contributed by atoms with Gasteiger partial charge in [-0.2, -0.15) is 5.10 Å². The first-order valence-corrected chi connectivity index (χ1v) is 6.18. The van der Waals surface area contributed by atoms with Crippen molar-refractivity contribution in [3.8, 4) is 0 Å². The third kappa shape index (κ3) is 3.50. The molecule has 0 spiro atoms. The summed E-state index contributed by atoms with van der Waals surface area (Å²) in [6.07, 6.45) is 4.76. The normalized spacial score (nSPS) is 11.8. The maximum atomic E-state index is 11.0. The number of pyridine rings is 1. The van der Waals surface area contributed by atoms with Gasteiger partial charge in [-0.1, -0.05) is 6.07 Å². The van der Waals surface area contributed by atoms with Crippen molar-refractivity contribution in [3.63, 3.8) is 0 Å². The predicted molar refractivity (Wildman–Crippen MR) is 81.3 cm³/mol. The molecule has 0 amide bonds. The highest BCUT2D eigenvalue weighted by Gasteiger charge is 2.06. The Bertz CT molecular complexity index is 709. The molecular weight excluding hydrogens is 268 g/mol. The minimum Gasteiger partial charge on any atom is -0.478 e. The molecule has 6 heteroatoms. The molecule has 0 aliphatic carbocycles. The Kier molecular flexibility index (Phi) is 4.40. The summed E-state index contributed by atoms with van der Waals surface area (Å²) in [6, 6.07) is 8.33. The Morgan fingerprint density at radius 1 is 1.33 bits per heavy atom. The molecule has 1 heterocycles. The van der Waals surface area contributed by atoms with E-state index in [1.165, 1.54) is 18.3 Å². The molecule has 0 fully saturated rings. The number of nitrogens with two attached hydrogens (primary N) is 1. The quantitative estimate of drug-likeness (QED) is 0.509. The monoisotopic (exact) mass is 282 g/mol. The van der Waals surface area contributed by atoms with Crippen molar-refractivity contribution >= 4 is 23.6 Å². The van der Waals surface area contributed by atoms with Gasteiger partial charge in [0.2, 0.25) is 0 Å². The maximum Gasteiger partial charge on any atom is 0.335 e. The lowest BCUT2D eigenvalue weighted by Gasteiger charge is -2.02. The van der Waals surface area contributed by atoms with E-state index >= 15 is 0 Å². The number of carbonyl (C=O) groups is 1. The third-order valence-corrected chi connectivity index (χ3v) is 2.88. The lowest BCUT2D eigenvalue weighted by Crippen LogP contribution is -2.06. The largest absolute Gasteiger partial charge is 0.478 e. The van der Waals surface area contributed by atoms with Crippen LogP contribution in [0.3, 0.4) is 0 Å². The number of aromatic carboxylic acids is 1. The molecule has 106 valence electrons. The highest BCUT2D eigenvalue weighted by atomic mass is 16.4. The van der Waals surface area contributed by atoms with Gasteiger partial charge < -0.3 is 10.9 Å². The Morgan fingerprint density at radius 3 is 2.76 bits per heavy atom. The number of carboxylic acid groups (broad SMARTS) is 1. The molecule has 2 rings (SSSR count). The first kappa shape index (κ1) is 14.4. The summed E-state index contributed by atoms with van der Waals surface area (Å²) in [5.74, 6) is 4.37.